The highest BCUT2D eigenvalue weighted by atomic mass is 15.2. The number of pyridine rings is 1. The molecule has 3 aromatic carbocycles. The first kappa shape index (κ1) is 18.6. The summed E-state index contributed by atoms with van der Waals surface area (Å²) >= 11 is 0. The summed E-state index contributed by atoms with van der Waals surface area (Å²) in [5.74, 6) is 0. The molecule has 0 radical (unpaired) electrons. The van der Waals surface area contributed by atoms with Crippen LogP contribution in [0.15, 0.2) is 102 Å². The Morgan fingerprint density at radius 2 is 1.43 bits per heavy atom. The second kappa shape index (κ2) is 6.84. The van der Waals surface area contributed by atoms with Crippen molar-refractivity contribution in [2.45, 2.75) is 6.17 Å². The zero-order valence-corrected chi connectivity index (χ0v) is 18.6. The number of hydrogen-bond acceptors (Lipinski definition) is 4. The van der Waals surface area contributed by atoms with Crippen LogP contribution in [0, 0.1) is 0 Å². The maximum atomic E-state index is 5.28. The molecule has 1 unspecified atom stereocenters. The molecule has 5 heterocycles. The molecule has 0 saturated carbocycles. The van der Waals surface area contributed by atoms with E-state index in [1.54, 1.807) is 0 Å². The van der Waals surface area contributed by atoms with Crippen molar-refractivity contribution in [3.05, 3.63) is 108 Å². The molecule has 6 heteroatoms. The third-order valence-electron chi connectivity index (χ3n) is 6.79. The molecule has 1 atom stereocenters. The molecule has 0 aliphatic carbocycles. The minimum absolute atomic E-state index is 0.210. The molecule has 4 aromatic heterocycles. The lowest BCUT2D eigenvalue weighted by atomic mass is 10.2. The van der Waals surface area contributed by atoms with Crippen LogP contribution in [0.1, 0.15) is 6.17 Å². The van der Waals surface area contributed by atoms with Crippen LogP contribution in [-0.2, 0) is 0 Å². The zero-order valence-electron chi connectivity index (χ0n) is 18.6. The molecule has 6 nitrogen and oxygen atoms in total. The van der Waals surface area contributed by atoms with Gasteiger partial charge >= 0.3 is 0 Å². The molecule has 35 heavy (non-hydrogen) atoms. The molecule has 0 amide bonds. The van der Waals surface area contributed by atoms with Crippen LogP contribution in [0.4, 0.5) is 0 Å². The number of fused-ring (bicyclic) bond motifs is 7. The maximum absolute atomic E-state index is 5.28. The summed E-state index contributed by atoms with van der Waals surface area (Å²) in [5, 5.41) is 3.19. The van der Waals surface area contributed by atoms with Crippen LogP contribution < -0.4 is 10.6 Å². The summed E-state index contributed by atoms with van der Waals surface area (Å²) in [6, 6.07) is 30.9. The summed E-state index contributed by atoms with van der Waals surface area (Å²) in [6.45, 7) is 0. The zero-order chi connectivity index (χ0) is 22.9. The van der Waals surface area contributed by atoms with Gasteiger partial charge in [-0.3, -0.25) is 19.1 Å². The first-order valence-corrected chi connectivity index (χ1v) is 11.6. The van der Waals surface area contributed by atoms with Gasteiger partial charge in [0, 0.05) is 17.3 Å². The van der Waals surface area contributed by atoms with Crippen molar-refractivity contribution >= 4 is 50.3 Å². The number of hydrogen-bond donors (Lipinski definition) is 0. The summed E-state index contributed by atoms with van der Waals surface area (Å²) < 4.78 is 4.36. The average Bonchev–Trinajstić information content (AvgIpc) is 3.57. The Kier molecular flexibility index (Phi) is 3.63. The van der Waals surface area contributed by atoms with E-state index >= 15 is 0 Å². The molecule has 0 bridgehead atoms. The van der Waals surface area contributed by atoms with E-state index in [9.17, 15) is 0 Å². The van der Waals surface area contributed by atoms with Gasteiger partial charge in [-0.05, 0) is 47.7 Å². The third kappa shape index (κ3) is 2.53. The second-order valence-corrected chi connectivity index (χ2v) is 8.77. The van der Waals surface area contributed by atoms with E-state index in [2.05, 4.69) is 63.7 Å². The Morgan fingerprint density at radius 1 is 0.629 bits per heavy atom. The predicted octanol–water partition coefficient (Wildman–Crippen LogP) is 4.69. The molecule has 8 rings (SSSR count). The van der Waals surface area contributed by atoms with E-state index in [0.717, 1.165) is 60.5 Å². The summed E-state index contributed by atoms with van der Waals surface area (Å²) in [7, 11) is 0. The molecule has 0 saturated heterocycles. The van der Waals surface area contributed by atoms with Crippen LogP contribution in [0.25, 0.3) is 56.0 Å². The Balaban J connectivity index is 1.54. The van der Waals surface area contributed by atoms with Gasteiger partial charge in [0.25, 0.3) is 0 Å². The van der Waals surface area contributed by atoms with Gasteiger partial charge in [0.1, 0.15) is 22.7 Å². The van der Waals surface area contributed by atoms with E-state index in [1.165, 1.54) is 0 Å². The van der Waals surface area contributed by atoms with Crippen molar-refractivity contribution < 1.29 is 0 Å². The first-order chi connectivity index (χ1) is 17.4. The molecule has 1 aliphatic heterocycles. The minimum atomic E-state index is -0.210. The topological polar surface area (TPSA) is 60.9 Å². The van der Waals surface area contributed by atoms with Gasteiger partial charge < -0.3 is 0 Å². The van der Waals surface area contributed by atoms with Gasteiger partial charge in [0.05, 0.1) is 16.4 Å². The van der Waals surface area contributed by atoms with Crippen molar-refractivity contribution in [3.8, 4) is 5.69 Å². The second-order valence-electron chi connectivity index (χ2n) is 8.77. The normalized spacial score (nSPS) is 15.0. The third-order valence-corrected chi connectivity index (χ3v) is 6.79. The smallest absolute Gasteiger partial charge is 0.166 e. The number of aromatic nitrogens is 5. The molecule has 7 aromatic rings. The summed E-state index contributed by atoms with van der Waals surface area (Å²) in [6.07, 6.45) is 3.79. The highest BCUT2D eigenvalue weighted by Gasteiger charge is 2.24. The molecular weight excluding hydrogens is 432 g/mol. The first-order valence-electron chi connectivity index (χ1n) is 11.6. The lowest BCUT2D eigenvalue weighted by Gasteiger charge is -2.11. The fourth-order valence-corrected chi connectivity index (χ4v) is 5.28. The molecule has 0 N–H and O–H groups in total. The monoisotopic (exact) mass is 450 g/mol. The number of para-hydroxylation sites is 3. The van der Waals surface area contributed by atoms with Gasteiger partial charge in [0.15, 0.2) is 11.3 Å². The Hall–Kier alpha value is -4.84. The molecule has 0 fully saturated rings. The predicted molar refractivity (Wildman–Crippen MR) is 138 cm³/mol. The van der Waals surface area contributed by atoms with E-state index in [1.807, 2.05) is 48.7 Å². The van der Waals surface area contributed by atoms with Crippen molar-refractivity contribution in [2.75, 3.05) is 0 Å². The van der Waals surface area contributed by atoms with Crippen molar-refractivity contribution in [2.24, 2.45) is 4.99 Å². The lowest BCUT2D eigenvalue weighted by Crippen LogP contribution is -2.19. The quantitative estimate of drug-likeness (QED) is 0.384. The Labute approximate surface area is 199 Å². The van der Waals surface area contributed by atoms with E-state index in [-0.39, 0.29) is 6.17 Å². The van der Waals surface area contributed by atoms with Gasteiger partial charge in [-0.2, -0.15) is 0 Å². The van der Waals surface area contributed by atoms with Crippen LogP contribution in [0.3, 0.4) is 0 Å². The van der Waals surface area contributed by atoms with Gasteiger partial charge in [-0.1, -0.05) is 54.6 Å². The molecule has 1 aliphatic rings. The SMILES string of the molecule is C1=c2ccccc2=NC1n1c2cccnc2c2nc3c4ccccc4n(-c4ccccc4)c3nc21. The van der Waals surface area contributed by atoms with Gasteiger partial charge in [-0.25, -0.2) is 9.97 Å². The summed E-state index contributed by atoms with van der Waals surface area (Å²) in [4.78, 5) is 20.2. The average molecular weight is 451 g/mol. The highest BCUT2D eigenvalue weighted by molar-refractivity contribution is 6.11. The van der Waals surface area contributed by atoms with Crippen molar-refractivity contribution in [1.82, 2.24) is 24.1 Å². The lowest BCUT2D eigenvalue weighted by molar-refractivity contribution is 0.700. The minimum Gasteiger partial charge on any atom is -0.296 e. The maximum Gasteiger partial charge on any atom is 0.166 e. The number of rotatable bonds is 2. The van der Waals surface area contributed by atoms with Crippen LogP contribution in [0.5, 0.6) is 0 Å². The Morgan fingerprint density at radius 3 is 2.34 bits per heavy atom. The van der Waals surface area contributed by atoms with Crippen LogP contribution in [0.2, 0.25) is 0 Å². The van der Waals surface area contributed by atoms with Crippen LogP contribution in [-0.4, -0.2) is 24.1 Å². The Bertz CT molecular complexity index is 2030. The number of benzene rings is 3. The van der Waals surface area contributed by atoms with E-state index in [4.69, 9.17) is 19.9 Å². The fraction of sp³-hybridized carbons (Fsp3) is 0.0345. The standard InChI is InChI=1S/C29H18N6/c1-2-10-19(11-3-1)34-22-14-7-5-12-20(22)25-28(34)33-29-27(32-25)26-23(15-8-16-30-26)35(29)24-17-18-9-4-6-13-21(18)31-24/h1-17,24H. The molecule has 0 spiro atoms. The van der Waals surface area contributed by atoms with Gasteiger partial charge in [-0.15, -0.1) is 0 Å². The largest absolute Gasteiger partial charge is 0.296 e. The van der Waals surface area contributed by atoms with Gasteiger partial charge in [0.2, 0.25) is 0 Å². The fourth-order valence-electron chi connectivity index (χ4n) is 5.28. The van der Waals surface area contributed by atoms with E-state index < -0.39 is 0 Å². The van der Waals surface area contributed by atoms with Crippen molar-refractivity contribution in [3.63, 3.8) is 0 Å². The number of nitrogens with zero attached hydrogens (tertiary/aromatic N) is 6. The molecular formula is C29H18N6. The molecule has 164 valence electrons. The van der Waals surface area contributed by atoms with Crippen molar-refractivity contribution in [1.29, 1.82) is 0 Å². The summed E-state index contributed by atoms with van der Waals surface area (Å²) in [5.41, 5.74) is 7.22. The highest BCUT2D eigenvalue weighted by Crippen LogP contribution is 2.35. The van der Waals surface area contributed by atoms with Crippen LogP contribution >= 0.6 is 0 Å². The van der Waals surface area contributed by atoms with E-state index in [0.29, 0.717) is 0 Å².